The molecule has 2 rings (SSSR count). The van der Waals surface area contributed by atoms with Crippen LogP contribution < -0.4 is 5.73 Å². The van der Waals surface area contributed by atoms with Crippen molar-refractivity contribution in [3.63, 3.8) is 0 Å². The second kappa shape index (κ2) is 7.41. The second-order valence-electron chi connectivity index (χ2n) is 5.58. The van der Waals surface area contributed by atoms with Crippen LogP contribution in [0.1, 0.15) is 38.3 Å². The molecule has 2 N–H and O–H groups in total. The third-order valence-electron chi connectivity index (χ3n) is 3.95. The van der Waals surface area contributed by atoms with E-state index in [1.165, 1.54) is 12.0 Å². The summed E-state index contributed by atoms with van der Waals surface area (Å²) in [5.41, 5.74) is 7.43. The van der Waals surface area contributed by atoms with Crippen LogP contribution in [0.2, 0.25) is 5.02 Å². The first-order valence-electron chi connectivity index (χ1n) is 7.48. The Labute approximate surface area is 127 Å². The summed E-state index contributed by atoms with van der Waals surface area (Å²) in [6.07, 6.45) is 2.66. The molecule has 1 fully saturated rings. The molecule has 3 atom stereocenters. The number of hydrogen-bond donors (Lipinski definition) is 1. The average molecular weight is 297 g/mol. The summed E-state index contributed by atoms with van der Waals surface area (Å²) in [6, 6.07) is 8.26. The van der Waals surface area contributed by atoms with Crippen LogP contribution in [0.5, 0.6) is 0 Å². The van der Waals surface area contributed by atoms with Crippen molar-refractivity contribution in [3.05, 3.63) is 34.9 Å². The zero-order valence-corrected chi connectivity index (χ0v) is 13.1. The molecule has 0 aromatic heterocycles. The standard InChI is InChI=1S/C16H25ClN2O/c1-3-19(11-15-8-5-9-20-15)16(12(2)18)13-6-4-7-14(17)10-13/h4,6-7,10,12,15-16H,3,5,8-9,11,18H2,1-2H3. The average Bonchev–Trinajstić information content (AvgIpc) is 2.90. The minimum absolute atomic E-state index is 0.0508. The molecule has 3 unspecified atom stereocenters. The van der Waals surface area contributed by atoms with Crippen molar-refractivity contribution in [1.82, 2.24) is 4.90 Å². The van der Waals surface area contributed by atoms with E-state index in [0.29, 0.717) is 6.10 Å². The van der Waals surface area contributed by atoms with E-state index >= 15 is 0 Å². The maximum atomic E-state index is 6.24. The van der Waals surface area contributed by atoms with E-state index in [9.17, 15) is 0 Å². The summed E-state index contributed by atoms with van der Waals surface area (Å²) in [6.45, 7) is 7.02. The molecule has 112 valence electrons. The van der Waals surface area contributed by atoms with Gasteiger partial charge in [-0.25, -0.2) is 0 Å². The Kier molecular flexibility index (Phi) is 5.85. The monoisotopic (exact) mass is 296 g/mol. The quantitative estimate of drug-likeness (QED) is 0.876. The molecule has 0 bridgehead atoms. The predicted molar refractivity (Wildman–Crippen MR) is 84.1 cm³/mol. The lowest BCUT2D eigenvalue weighted by Crippen LogP contribution is -2.43. The largest absolute Gasteiger partial charge is 0.377 e. The molecule has 1 aliphatic rings. The molecular weight excluding hydrogens is 272 g/mol. The van der Waals surface area contributed by atoms with Crippen LogP contribution in [-0.4, -0.2) is 36.7 Å². The van der Waals surface area contributed by atoms with E-state index < -0.39 is 0 Å². The Morgan fingerprint density at radius 1 is 1.50 bits per heavy atom. The molecule has 0 radical (unpaired) electrons. The first kappa shape index (κ1) is 15.8. The van der Waals surface area contributed by atoms with Gasteiger partial charge in [0.1, 0.15) is 0 Å². The topological polar surface area (TPSA) is 38.5 Å². The number of ether oxygens (including phenoxy) is 1. The molecule has 0 aliphatic carbocycles. The molecule has 0 saturated carbocycles. The molecule has 4 heteroatoms. The third-order valence-corrected chi connectivity index (χ3v) is 4.19. The number of nitrogens with two attached hydrogens (primary N) is 1. The SMILES string of the molecule is CCN(CC1CCCO1)C(c1cccc(Cl)c1)C(C)N. The summed E-state index contributed by atoms with van der Waals surface area (Å²) < 4.78 is 5.77. The van der Waals surface area contributed by atoms with Gasteiger partial charge >= 0.3 is 0 Å². The Bertz CT molecular complexity index is 419. The highest BCUT2D eigenvalue weighted by molar-refractivity contribution is 6.30. The highest BCUT2D eigenvalue weighted by Crippen LogP contribution is 2.27. The van der Waals surface area contributed by atoms with Crippen LogP contribution in [-0.2, 0) is 4.74 Å². The number of nitrogens with zero attached hydrogens (tertiary/aromatic N) is 1. The van der Waals surface area contributed by atoms with E-state index in [2.05, 4.69) is 24.8 Å². The van der Waals surface area contributed by atoms with Gasteiger partial charge in [0, 0.05) is 30.3 Å². The minimum atomic E-state index is 0.0508. The molecule has 0 amide bonds. The number of likely N-dealkylation sites (N-methyl/N-ethyl adjacent to an activating group) is 1. The smallest absolute Gasteiger partial charge is 0.0703 e. The lowest BCUT2D eigenvalue weighted by molar-refractivity contribution is 0.0546. The van der Waals surface area contributed by atoms with Crippen LogP contribution in [0.15, 0.2) is 24.3 Å². The Balaban J connectivity index is 2.16. The van der Waals surface area contributed by atoms with Crippen molar-refractivity contribution < 1.29 is 4.74 Å². The second-order valence-corrected chi connectivity index (χ2v) is 6.02. The van der Waals surface area contributed by atoms with Crippen LogP contribution in [0.3, 0.4) is 0 Å². The van der Waals surface area contributed by atoms with Gasteiger partial charge in [-0.15, -0.1) is 0 Å². The zero-order chi connectivity index (χ0) is 14.5. The lowest BCUT2D eigenvalue weighted by Gasteiger charge is -2.35. The number of hydrogen-bond acceptors (Lipinski definition) is 3. The summed E-state index contributed by atoms with van der Waals surface area (Å²) in [5.74, 6) is 0. The molecule has 1 aliphatic heterocycles. The molecular formula is C16H25ClN2O. The number of rotatable bonds is 6. The van der Waals surface area contributed by atoms with Crippen molar-refractivity contribution in [2.24, 2.45) is 5.73 Å². The van der Waals surface area contributed by atoms with E-state index in [1.54, 1.807) is 0 Å². The van der Waals surface area contributed by atoms with Crippen molar-refractivity contribution in [2.45, 2.75) is 44.9 Å². The number of benzene rings is 1. The first-order chi connectivity index (χ1) is 9.61. The molecule has 1 aromatic rings. The van der Waals surface area contributed by atoms with Gasteiger partial charge in [-0.05, 0) is 44.0 Å². The van der Waals surface area contributed by atoms with Gasteiger partial charge in [-0.2, -0.15) is 0 Å². The summed E-state index contributed by atoms with van der Waals surface area (Å²) in [7, 11) is 0. The molecule has 0 spiro atoms. The van der Waals surface area contributed by atoms with Crippen LogP contribution in [0, 0.1) is 0 Å². The van der Waals surface area contributed by atoms with Crippen molar-refractivity contribution in [1.29, 1.82) is 0 Å². The molecule has 1 heterocycles. The third kappa shape index (κ3) is 3.95. The van der Waals surface area contributed by atoms with E-state index in [-0.39, 0.29) is 12.1 Å². The van der Waals surface area contributed by atoms with Crippen LogP contribution >= 0.6 is 11.6 Å². The molecule has 1 aromatic carbocycles. The maximum absolute atomic E-state index is 6.24. The van der Waals surface area contributed by atoms with Gasteiger partial charge < -0.3 is 10.5 Å². The summed E-state index contributed by atoms with van der Waals surface area (Å²) in [4.78, 5) is 2.41. The van der Waals surface area contributed by atoms with Gasteiger partial charge in [0.25, 0.3) is 0 Å². The Morgan fingerprint density at radius 2 is 2.30 bits per heavy atom. The van der Waals surface area contributed by atoms with Gasteiger partial charge in [-0.1, -0.05) is 30.7 Å². The normalized spacial score (nSPS) is 22.1. The fourth-order valence-electron chi connectivity index (χ4n) is 3.03. The highest BCUT2D eigenvalue weighted by atomic mass is 35.5. The fraction of sp³-hybridized carbons (Fsp3) is 0.625. The van der Waals surface area contributed by atoms with Crippen molar-refractivity contribution in [3.8, 4) is 0 Å². The van der Waals surface area contributed by atoms with E-state index in [1.807, 2.05) is 18.2 Å². The van der Waals surface area contributed by atoms with Gasteiger partial charge in [0.05, 0.1) is 6.10 Å². The Morgan fingerprint density at radius 3 is 2.85 bits per heavy atom. The number of halogens is 1. The molecule has 1 saturated heterocycles. The van der Waals surface area contributed by atoms with Gasteiger partial charge in [0.2, 0.25) is 0 Å². The van der Waals surface area contributed by atoms with Crippen molar-refractivity contribution >= 4 is 11.6 Å². The van der Waals surface area contributed by atoms with E-state index in [4.69, 9.17) is 22.1 Å². The lowest BCUT2D eigenvalue weighted by atomic mass is 9.98. The fourth-order valence-corrected chi connectivity index (χ4v) is 3.23. The summed E-state index contributed by atoms with van der Waals surface area (Å²) >= 11 is 6.13. The van der Waals surface area contributed by atoms with Crippen LogP contribution in [0.4, 0.5) is 0 Å². The van der Waals surface area contributed by atoms with Gasteiger partial charge in [0.15, 0.2) is 0 Å². The molecule has 3 nitrogen and oxygen atoms in total. The van der Waals surface area contributed by atoms with Gasteiger partial charge in [-0.3, -0.25) is 4.90 Å². The molecule has 20 heavy (non-hydrogen) atoms. The highest BCUT2D eigenvalue weighted by Gasteiger charge is 2.27. The minimum Gasteiger partial charge on any atom is -0.377 e. The Hall–Kier alpha value is -0.610. The predicted octanol–water partition coefficient (Wildman–Crippen LogP) is 3.23. The maximum Gasteiger partial charge on any atom is 0.0703 e. The zero-order valence-electron chi connectivity index (χ0n) is 12.4. The van der Waals surface area contributed by atoms with Crippen LogP contribution in [0.25, 0.3) is 0 Å². The first-order valence-corrected chi connectivity index (χ1v) is 7.86. The van der Waals surface area contributed by atoms with E-state index in [0.717, 1.165) is 31.1 Å². The summed E-state index contributed by atoms with van der Waals surface area (Å²) in [5, 5.41) is 0.765. The van der Waals surface area contributed by atoms with Crippen molar-refractivity contribution in [2.75, 3.05) is 19.7 Å².